The van der Waals surface area contributed by atoms with Crippen LogP contribution >= 0.6 is 0 Å². The molecule has 1 aromatic carbocycles. The lowest BCUT2D eigenvalue weighted by Gasteiger charge is -2.32. The Morgan fingerprint density at radius 2 is 1.40 bits per heavy atom. The maximum atomic E-state index is 12.5. The van der Waals surface area contributed by atoms with Crippen molar-refractivity contribution >= 4 is 19.3 Å². The maximum absolute atomic E-state index is 12.5. The minimum absolute atomic E-state index is 0.271. The van der Waals surface area contributed by atoms with Crippen LogP contribution in [0.15, 0.2) is 17.6 Å². The van der Waals surface area contributed by atoms with Crippen LogP contribution in [0.5, 0.6) is 0 Å². The summed E-state index contributed by atoms with van der Waals surface area (Å²) in [6.07, 6.45) is 1.72. The number of carbonyl (C=O) groups excluding carboxylic acids is 1. The molecule has 1 saturated heterocycles. The molecule has 1 N–H and O–H groups in total. The Hall–Kier alpha value is -1.79. The van der Waals surface area contributed by atoms with E-state index < -0.39 is 30.0 Å². The van der Waals surface area contributed by atoms with Crippen LogP contribution in [0.3, 0.4) is 0 Å². The van der Waals surface area contributed by atoms with Gasteiger partial charge in [-0.2, -0.15) is 0 Å². The van der Waals surface area contributed by atoms with Gasteiger partial charge in [0.05, 0.1) is 11.2 Å². The van der Waals surface area contributed by atoms with Crippen molar-refractivity contribution in [2.75, 3.05) is 6.54 Å². The van der Waals surface area contributed by atoms with Crippen molar-refractivity contribution in [3.05, 3.63) is 39.9 Å². The van der Waals surface area contributed by atoms with Crippen molar-refractivity contribution in [3.8, 4) is 0 Å². The maximum Gasteiger partial charge on any atom is 0.492 e. The summed E-state index contributed by atoms with van der Waals surface area (Å²) in [5.41, 5.74) is 4.47. The van der Waals surface area contributed by atoms with E-state index in [1.54, 1.807) is 0 Å². The van der Waals surface area contributed by atoms with E-state index in [1.165, 1.54) is 22.3 Å². The number of ether oxygens (including phenoxy) is 1. The third kappa shape index (κ3) is 7.36. The second-order valence-electron chi connectivity index (χ2n) is 12.7. The summed E-state index contributed by atoms with van der Waals surface area (Å²) < 4.78 is 18.3. The predicted octanol–water partition coefficient (Wildman–Crippen LogP) is 7.60. The lowest BCUT2D eigenvalue weighted by Crippen LogP contribution is -2.41. The largest absolute Gasteiger partial charge is 0.492 e. The van der Waals surface area contributed by atoms with Gasteiger partial charge in [-0.25, -0.2) is 4.79 Å². The molecule has 1 aromatic rings. The van der Waals surface area contributed by atoms with E-state index in [4.69, 9.17) is 14.0 Å². The predicted molar refractivity (Wildman–Crippen MR) is 147 cm³/mol. The molecule has 0 aliphatic carbocycles. The fourth-order valence-electron chi connectivity index (χ4n) is 4.05. The van der Waals surface area contributed by atoms with Gasteiger partial charge in [0, 0.05) is 6.54 Å². The molecule has 1 amide bonds. The lowest BCUT2D eigenvalue weighted by atomic mass is 9.75. The van der Waals surface area contributed by atoms with Crippen LogP contribution in [0.1, 0.15) is 130 Å². The van der Waals surface area contributed by atoms with E-state index in [0.29, 0.717) is 17.8 Å². The number of amides is 1. The average molecular weight is 486 g/mol. The number of benzene rings is 1. The second kappa shape index (κ2) is 10.7. The first kappa shape index (κ1) is 29.4. The normalized spacial score (nSPS) is 18.1. The summed E-state index contributed by atoms with van der Waals surface area (Å²) in [5, 5.41) is 2.93. The monoisotopic (exact) mass is 485 g/mol. The van der Waals surface area contributed by atoms with Crippen LogP contribution in [-0.4, -0.2) is 36.6 Å². The Morgan fingerprint density at radius 3 is 1.77 bits per heavy atom. The molecule has 196 valence electrons. The lowest BCUT2D eigenvalue weighted by molar-refractivity contribution is 0.00578. The highest BCUT2D eigenvalue weighted by atomic mass is 16.7. The highest BCUT2D eigenvalue weighted by Gasteiger charge is 2.52. The Balaban J connectivity index is 2.62. The van der Waals surface area contributed by atoms with Gasteiger partial charge >= 0.3 is 13.2 Å². The van der Waals surface area contributed by atoms with E-state index in [9.17, 15) is 4.79 Å². The number of rotatable bonds is 7. The summed E-state index contributed by atoms with van der Waals surface area (Å²) in [6.45, 7) is 27.4. The smallest absolute Gasteiger partial charge is 0.444 e. The van der Waals surface area contributed by atoms with Gasteiger partial charge in [0.25, 0.3) is 0 Å². The highest BCUT2D eigenvalue weighted by Crippen LogP contribution is 2.40. The molecule has 6 heteroatoms. The van der Waals surface area contributed by atoms with Gasteiger partial charge < -0.3 is 19.4 Å². The summed E-state index contributed by atoms with van der Waals surface area (Å²) in [4.78, 5) is 12.5. The van der Waals surface area contributed by atoms with Crippen molar-refractivity contribution < 1.29 is 18.8 Å². The Morgan fingerprint density at radius 1 is 0.943 bits per heavy atom. The van der Waals surface area contributed by atoms with Crippen LogP contribution in [0, 0.1) is 0 Å². The van der Waals surface area contributed by atoms with Crippen LogP contribution in [0.2, 0.25) is 0 Å². The van der Waals surface area contributed by atoms with Gasteiger partial charge in [-0.3, -0.25) is 0 Å². The van der Waals surface area contributed by atoms with E-state index in [0.717, 1.165) is 5.47 Å². The molecule has 0 saturated carbocycles. The zero-order valence-electron chi connectivity index (χ0n) is 24.4. The molecule has 1 heterocycles. The standard InChI is InChI=1S/C29H48BNO4/c1-18(2)21-14-23(19(3)4)25(24(15-21)20(5)6)16-22(17-31-26(32)33-27(7,8)9)30-34-28(10,11)29(12,13)35-30/h14-16,18-20H,17H2,1-13H3,(H,31,32). The summed E-state index contributed by atoms with van der Waals surface area (Å²) in [6, 6.07) is 4.66. The van der Waals surface area contributed by atoms with Gasteiger partial charge in [0.15, 0.2) is 0 Å². The minimum Gasteiger partial charge on any atom is -0.444 e. The third-order valence-corrected chi connectivity index (χ3v) is 6.90. The molecule has 0 spiro atoms. The molecule has 1 fully saturated rings. The van der Waals surface area contributed by atoms with Gasteiger partial charge in [-0.1, -0.05) is 59.8 Å². The molecule has 0 radical (unpaired) electrons. The highest BCUT2D eigenvalue weighted by molar-refractivity contribution is 6.56. The van der Waals surface area contributed by atoms with E-state index in [-0.39, 0.29) is 6.54 Å². The second-order valence-corrected chi connectivity index (χ2v) is 12.7. The molecule has 0 atom stereocenters. The fraction of sp³-hybridized carbons (Fsp3) is 0.690. The molecule has 2 rings (SSSR count). The molecule has 35 heavy (non-hydrogen) atoms. The van der Waals surface area contributed by atoms with Crippen molar-refractivity contribution in [2.45, 2.75) is 125 Å². The zero-order valence-corrected chi connectivity index (χ0v) is 24.4. The van der Waals surface area contributed by atoms with Gasteiger partial charge in [0.1, 0.15) is 5.60 Å². The Labute approximate surface area is 214 Å². The number of alkyl carbamates (subject to hydrolysis) is 1. The number of nitrogens with one attached hydrogen (secondary N) is 1. The van der Waals surface area contributed by atoms with E-state index in [2.05, 4.69) is 65.1 Å². The van der Waals surface area contributed by atoms with Gasteiger partial charge in [-0.05, 0) is 93.9 Å². The van der Waals surface area contributed by atoms with Crippen molar-refractivity contribution in [1.29, 1.82) is 0 Å². The van der Waals surface area contributed by atoms with Crippen LogP contribution in [-0.2, 0) is 14.0 Å². The van der Waals surface area contributed by atoms with E-state index in [1.807, 2.05) is 48.5 Å². The minimum atomic E-state index is -0.570. The molecular weight excluding hydrogens is 437 g/mol. The summed E-state index contributed by atoms with van der Waals surface area (Å²) in [5.74, 6) is 1.13. The van der Waals surface area contributed by atoms with Crippen LogP contribution in [0.4, 0.5) is 4.79 Å². The van der Waals surface area contributed by atoms with Crippen molar-refractivity contribution in [1.82, 2.24) is 5.32 Å². The van der Waals surface area contributed by atoms with Crippen LogP contribution < -0.4 is 5.32 Å². The van der Waals surface area contributed by atoms with E-state index >= 15 is 0 Å². The molecule has 1 aliphatic rings. The van der Waals surface area contributed by atoms with Crippen molar-refractivity contribution in [2.24, 2.45) is 0 Å². The molecule has 5 nitrogen and oxygen atoms in total. The molecular formula is C29H48BNO4. The number of hydrogen-bond donors (Lipinski definition) is 1. The Bertz CT molecular complexity index is 893. The van der Waals surface area contributed by atoms with Gasteiger partial charge in [-0.15, -0.1) is 0 Å². The zero-order chi connectivity index (χ0) is 26.9. The average Bonchev–Trinajstić information content (AvgIpc) is 2.89. The first-order chi connectivity index (χ1) is 15.8. The van der Waals surface area contributed by atoms with Crippen molar-refractivity contribution in [3.63, 3.8) is 0 Å². The molecule has 1 aliphatic heterocycles. The number of hydrogen-bond acceptors (Lipinski definition) is 4. The first-order valence-electron chi connectivity index (χ1n) is 13.0. The fourth-order valence-corrected chi connectivity index (χ4v) is 4.05. The topological polar surface area (TPSA) is 56.8 Å². The molecule has 0 aromatic heterocycles. The SMILES string of the molecule is CC(C)c1cc(C(C)C)c(C=C(CNC(=O)OC(C)(C)C)B2OC(C)(C)C(C)(C)O2)c(C(C)C)c1. The quantitative estimate of drug-likeness (QED) is 0.404. The Kier molecular flexibility index (Phi) is 8.98. The molecule has 0 unspecified atom stereocenters. The van der Waals surface area contributed by atoms with Gasteiger partial charge in [0.2, 0.25) is 0 Å². The first-order valence-corrected chi connectivity index (χ1v) is 13.0. The van der Waals surface area contributed by atoms with Crippen LogP contribution in [0.25, 0.3) is 6.08 Å². The third-order valence-electron chi connectivity index (χ3n) is 6.90. The summed E-state index contributed by atoms with van der Waals surface area (Å²) >= 11 is 0. The summed E-state index contributed by atoms with van der Waals surface area (Å²) in [7, 11) is -0.570. The molecule has 0 bridgehead atoms. The number of carbonyl (C=O) groups is 1.